The summed E-state index contributed by atoms with van der Waals surface area (Å²) in [5.41, 5.74) is 1.30. The van der Waals surface area contributed by atoms with Crippen molar-refractivity contribution in [3.05, 3.63) is 11.1 Å². The maximum atomic E-state index is 4.58. The van der Waals surface area contributed by atoms with Crippen LogP contribution in [0.15, 0.2) is 5.38 Å². The molecule has 2 fully saturated rings. The normalized spacial score (nSPS) is 21.8. The third-order valence-electron chi connectivity index (χ3n) is 2.65. The molecule has 70 valence electrons. The van der Waals surface area contributed by atoms with Gasteiger partial charge >= 0.3 is 0 Å². The topological polar surface area (TPSA) is 24.9 Å². The standard InChI is InChI=1S/C10H14N2S/c1-2-7(1)5-9-6-13-10(12-9)11-8-3-4-8/h6-8H,1-5H2,(H,11,12). The molecule has 0 bridgehead atoms. The molecule has 0 saturated heterocycles. The SMILES string of the molecule is c1sc(NC2CC2)nc1CC1CC1. The minimum Gasteiger partial charge on any atom is -0.359 e. The summed E-state index contributed by atoms with van der Waals surface area (Å²) < 4.78 is 0. The molecule has 2 saturated carbocycles. The molecule has 2 aliphatic carbocycles. The highest BCUT2D eigenvalue weighted by atomic mass is 32.1. The average Bonchev–Trinajstić information content (AvgIpc) is 2.96. The van der Waals surface area contributed by atoms with E-state index in [1.165, 1.54) is 37.8 Å². The lowest BCUT2D eigenvalue weighted by atomic mass is 10.2. The summed E-state index contributed by atoms with van der Waals surface area (Å²) >= 11 is 1.77. The summed E-state index contributed by atoms with van der Waals surface area (Å²) in [7, 11) is 0. The first-order chi connectivity index (χ1) is 6.40. The van der Waals surface area contributed by atoms with Gasteiger partial charge in [0.15, 0.2) is 5.13 Å². The molecule has 1 heterocycles. The Hall–Kier alpha value is -0.570. The number of anilines is 1. The Morgan fingerprint density at radius 1 is 1.38 bits per heavy atom. The highest BCUT2D eigenvalue weighted by Gasteiger charge is 2.24. The van der Waals surface area contributed by atoms with Gasteiger partial charge in [-0.15, -0.1) is 11.3 Å². The summed E-state index contributed by atoms with van der Waals surface area (Å²) in [6.45, 7) is 0. The van der Waals surface area contributed by atoms with Gasteiger partial charge in [-0.3, -0.25) is 0 Å². The highest BCUT2D eigenvalue weighted by molar-refractivity contribution is 7.13. The number of hydrogen-bond donors (Lipinski definition) is 1. The molecule has 0 amide bonds. The van der Waals surface area contributed by atoms with Gasteiger partial charge in [0.2, 0.25) is 0 Å². The summed E-state index contributed by atoms with van der Waals surface area (Å²) in [6.07, 6.45) is 6.71. The second-order valence-corrected chi connectivity index (χ2v) is 5.07. The van der Waals surface area contributed by atoms with Crippen molar-refractivity contribution in [2.45, 2.75) is 38.1 Å². The molecule has 0 spiro atoms. The van der Waals surface area contributed by atoms with Crippen molar-refractivity contribution in [3.63, 3.8) is 0 Å². The Morgan fingerprint density at radius 3 is 2.92 bits per heavy atom. The number of aromatic nitrogens is 1. The van der Waals surface area contributed by atoms with Crippen molar-refractivity contribution in [2.75, 3.05) is 5.32 Å². The Balaban J connectivity index is 1.62. The predicted molar refractivity (Wildman–Crippen MR) is 55.2 cm³/mol. The van der Waals surface area contributed by atoms with E-state index >= 15 is 0 Å². The maximum Gasteiger partial charge on any atom is 0.183 e. The van der Waals surface area contributed by atoms with Crippen molar-refractivity contribution in [3.8, 4) is 0 Å². The summed E-state index contributed by atoms with van der Waals surface area (Å²) in [4.78, 5) is 4.58. The van der Waals surface area contributed by atoms with Crippen molar-refractivity contribution in [1.82, 2.24) is 4.98 Å². The summed E-state index contributed by atoms with van der Waals surface area (Å²) in [5.74, 6) is 0.955. The van der Waals surface area contributed by atoms with E-state index in [0.29, 0.717) is 0 Å². The zero-order valence-corrected chi connectivity index (χ0v) is 8.44. The maximum absolute atomic E-state index is 4.58. The summed E-state index contributed by atoms with van der Waals surface area (Å²) in [5, 5.41) is 6.79. The first kappa shape index (κ1) is 7.80. The van der Waals surface area contributed by atoms with Gasteiger partial charge in [-0.25, -0.2) is 4.98 Å². The first-order valence-electron chi connectivity index (χ1n) is 5.11. The molecule has 0 aromatic carbocycles. The van der Waals surface area contributed by atoms with Gasteiger partial charge in [0.05, 0.1) is 5.69 Å². The van der Waals surface area contributed by atoms with Crippen molar-refractivity contribution in [2.24, 2.45) is 5.92 Å². The Morgan fingerprint density at radius 2 is 2.23 bits per heavy atom. The number of thiazole rings is 1. The predicted octanol–water partition coefficient (Wildman–Crippen LogP) is 2.67. The molecule has 0 aliphatic heterocycles. The van der Waals surface area contributed by atoms with Crippen LogP contribution in [0.3, 0.4) is 0 Å². The Kier molecular flexibility index (Phi) is 1.79. The van der Waals surface area contributed by atoms with Crippen LogP contribution in [-0.4, -0.2) is 11.0 Å². The molecule has 0 atom stereocenters. The number of hydrogen-bond acceptors (Lipinski definition) is 3. The lowest BCUT2D eigenvalue weighted by Crippen LogP contribution is -2.00. The Bertz CT molecular complexity index is 271. The highest BCUT2D eigenvalue weighted by Crippen LogP contribution is 2.34. The van der Waals surface area contributed by atoms with Gasteiger partial charge < -0.3 is 5.32 Å². The number of rotatable bonds is 4. The van der Waals surface area contributed by atoms with Gasteiger partial charge in [0.25, 0.3) is 0 Å². The van der Waals surface area contributed by atoms with Gasteiger partial charge in [-0.05, 0) is 38.0 Å². The molecule has 1 aromatic rings. The van der Waals surface area contributed by atoms with Crippen LogP contribution in [0.1, 0.15) is 31.4 Å². The molecule has 2 nitrogen and oxygen atoms in total. The van der Waals surface area contributed by atoms with Gasteiger partial charge in [-0.2, -0.15) is 0 Å². The van der Waals surface area contributed by atoms with E-state index < -0.39 is 0 Å². The Labute approximate surface area is 82.4 Å². The smallest absolute Gasteiger partial charge is 0.183 e. The van der Waals surface area contributed by atoms with Crippen molar-refractivity contribution < 1.29 is 0 Å². The van der Waals surface area contributed by atoms with E-state index in [0.717, 1.165) is 17.1 Å². The van der Waals surface area contributed by atoms with Crippen LogP contribution in [0.5, 0.6) is 0 Å². The largest absolute Gasteiger partial charge is 0.359 e. The molecule has 1 N–H and O–H groups in total. The molecule has 0 unspecified atom stereocenters. The van der Waals surface area contributed by atoms with Crippen LogP contribution in [0.4, 0.5) is 5.13 Å². The van der Waals surface area contributed by atoms with E-state index in [-0.39, 0.29) is 0 Å². The zero-order chi connectivity index (χ0) is 8.67. The molecular weight excluding hydrogens is 180 g/mol. The lowest BCUT2D eigenvalue weighted by Gasteiger charge is -1.96. The molecule has 13 heavy (non-hydrogen) atoms. The van der Waals surface area contributed by atoms with E-state index in [2.05, 4.69) is 15.7 Å². The molecule has 2 aliphatic rings. The molecule has 3 rings (SSSR count). The third kappa shape index (κ3) is 2.02. The van der Waals surface area contributed by atoms with Crippen LogP contribution in [0, 0.1) is 5.92 Å². The monoisotopic (exact) mass is 194 g/mol. The van der Waals surface area contributed by atoms with Gasteiger partial charge in [0.1, 0.15) is 0 Å². The third-order valence-corrected chi connectivity index (χ3v) is 3.47. The van der Waals surface area contributed by atoms with E-state index in [4.69, 9.17) is 0 Å². The van der Waals surface area contributed by atoms with E-state index in [1.807, 2.05) is 0 Å². The number of nitrogens with zero attached hydrogens (tertiary/aromatic N) is 1. The first-order valence-corrected chi connectivity index (χ1v) is 5.99. The van der Waals surface area contributed by atoms with Crippen LogP contribution >= 0.6 is 11.3 Å². The average molecular weight is 194 g/mol. The molecule has 1 aromatic heterocycles. The van der Waals surface area contributed by atoms with Crippen LogP contribution in [0.25, 0.3) is 0 Å². The van der Waals surface area contributed by atoms with Crippen molar-refractivity contribution >= 4 is 16.5 Å². The van der Waals surface area contributed by atoms with E-state index in [1.54, 1.807) is 11.3 Å². The van der Waals surface area contributed by atoms with E-state index in [9.17, 15) is 0 Å². The van der Waals surface area contributed by atoms with Crippen molar-refractivity contribution in [1.29, 1.82) is 0 Å². The van der Waals surface area contributed by atoms with Gasteiger partial charge in [-0.1, -0.05) is 0 Å². The van der Waals surface area contributed by atoms with Crippen LogP contribution in [-0.2, 0) is 6.42 Å². The molecule has 3 heteroatoms. The molecular formula is C10H14N2S. The second kappa shape index (κ2) is 2.98. The lowest BCUT2D eigenvalue weighted by molar-refractivity contribution is 0.811. The fraction of sp³-hybridized carbons (Fsp3) is 0.700. The minimum atomic E-state index is 0.736. The number of nitrogens with one attached hydrogen (secondary N) is 1. The minimum absolute atomic E-state index is 0.736. The zero-order valence-electron chi connectivity index (χ0n) is 7.62. The van der Waals surface area contributed by atoms with Gasteiger partial charge in [0, 0.05) is 11.4 Å². The molecule has 0 radical (unpaired) electrons. The van der Waals surface area contributed by atoms with Crippen LogP contribution in [0.2, 0.25) is 0 Å². The second-order valence-electron chi connectivity index (χ2n) is 4.21. The quantitative estimate of drug-likeness (QED) is 0.797. The summed E-state index contributed by atoms with van der Waals surface area (Å²) in [6, 6.07) is 0.736. The fourth-order valence-electron chi connectivity index (χ4n) is 1.49. The fourth-order valence-corrected chi connectivity index (χ4v) is 2.29. The van der Waals surface area contributed by atoms with Crippen LogP contribution < -0.4 is 5.32 Å².